The number of piperidine rings is 2. The number of carbonyl (C=O) groups is 2. The van der Waals surface area contributed by atoms with Crippen LogP contribution in [0.1, 0.15) is 64.5 Å². The summed E-state index contributed by atoms with van der Waals surface area (Å²) in [4.78, 5) is 47.4. The molecule has 2 N–H and O–H groups in total. The van der Waals surface area contributed by atoms with Gasteiger partial charge in [0.25, 0.3) is 0 Å². The van der Waals surface area contributed by atoms with Crippen molar-refractivity contribution in [1.29, 1.82) is 0 Å². The zero-order chi connectivity index (χ0) is 46.6. The molecule has 66 heavy (non-hydrogen) atoms. The van der Waals surface area contributed by atoms with Crippen molar-refractivity contribution in [3.05, 3.63) is 113 Å². The molecule has 0 spiro atoms. The highest BCUT2D eigenvalue weighted by Gasteiger charge is 2.35. The number of likely N-dealkylation sites (tertiary alicyclic amines) is 2. The van der Waals surface area contributed by atoms with Gasteiger partial charge in [0.15, 0.2) is 0 Å². The van der Waals surface area contributed by atoms with Crippen molar-refractivity contribution in [3.63, 3.8) is 0 Å². The molecule has 6 heterocycles. The summed E-state index contributed by atoms with van der Waals surface area (Å²) in [5.41, 5.74) is 2.49. The summed E-state index contributed by atoms with van der Waals surface area (Å²) >= 11 is 3.56. The number of piperazine rings is 2. The second kappa shape index (κ2) is 23.8. The standard InChI is InChI=1S/C25H35BN4O4.C25H33BrN4O2/c1-19-15-29(24-14-23(26(32)33)8-11-27-24)16-20(2)30(19)17-21-9-12-28(13-10-21)25(31)34-18-22-6-4-3-5-7-22;1-19-15-29(24-14-23(26)8-11-27-24)16-20(2)30(19)17-21-9-12-28(13-10-21)25(31)32-18-22-6-4-3-5-7-22/h3-8,11,14,19-21,32-33H,9-10,12-13,15-18H2,1-2H3;3-8,11,14,19-21H,9-10,12-13,15-18H2,1-2H3/t2*19-,20+. The van der Waals surface area contributed by atoms with Crippen molar-refractivity contribution in [2.45, 2.75) is 90.8 Å². The normalized spacial score (nSPS) is 22.3. The van der Waals surface area contributed by atoms with E-state index in [0.717, 1.165) is 118 Å². The lowest BCUT2D eigenvalue weighted by Crippen LogP contribution is -2.58. The molecule has 2 aromatic carbocycles. The van der Waals surface area contributed by atoms with E-state index in [-0.39, 0.29) is 12.2 Å². The Labute approximate surface area is 400 Å². The van der Waals surface area contributed by atoms with Crippen LogP contribution in [-0.2, 0) is 22.7 Å². The van der Waals surface area contributed by atoms with E-state index in [2.05, 4.69) is 79.3 Å². The van der Waals surface area contributed by atoms with Gasteiger partial charge in [-0.1, -0.05) is 76.6 Å². The summed E-state index contributed by atoms with van der Waals surface area (Å²) < 4.78 is 12.1. The topological polar surface area (TPSA) is 138 Å². The first-order valence-electron chi connectivity index (χ1n) is 23.8. The van der Waals surface area contributed by atoms with Gasteiger partial charge in [0.2, 0.25) is 0 Å². The van der Waals surface area contributed by atoms with E-state index in [1.54, 1.807) is 18.3 Å². The number of anilines is 2. The summed E-state index contributed by atoms with van der Waals surface area (Å²) in [6.45, 7) is 18.6. The molecule has 8 rings (SSSR count). The third-order valence-corrected chi connectivity index (χ3v) is 14.2. The number of halogens is 1. The van der Waals surface area contributed by atoms with Crippen molar-refractivity contribution in [2.24, 2.45) is 11.8 Å². The van der Waals surface area contributed by atoms with Crippen LogP contribution in [0.2, 0.25) is 0 Å². The molecule has 2 aromatic heterocycles. The van der Waals surface area contributed by atoms with Crippen LogP contribution in [0.25, 0.3) is 0 Å². The van der Waals surface area contributed by atoms with E-state index in [0.29, 0.717) is 54.7 Å². The van der Waals surface area contributed by atoms with Gasteiger partial charge in [-0.25, -0.2) is 19.6 Å². The molecule has 2 amide bonds. The Bertz CT molecular complexity index is 2110. The molecule has 4 fully saturated rings. The molecule has 0 aliphatic carbocycles. The summed E-state index contributed by atoms with van der Waals surface area (Å²) in [6, 6.07) is 28.7. The molecule has 0 saturated carbocycles. The minimum absolute atomic E-state index is 0.191. The molecular formula is C50H68BBrN8O6. The molecule has 4 atom stereocenters. The Hall–Kier alpha value is -4.74. The Morgan fingerprint density at radius 1 is 0.606 bits per heavy atom. The van der Waals surface area contributed by atoms with Crippen molar-refractivity contribution in [1.82, 2.24) is 29.6 Å². The lowest BCUT2D eigenvalue weighted by Gasteiger charge is -2.47. The summed E-state index contributed by atoms with van der Waals surface area (Å²) in [5, 5.41) is 19.0. The van der Waals surface area contributed by atoms with E-state index >= 15 is 0 Å². The number of carbonyl (C=O) groups excluding carboxylic acids is 2. The molecule has 0 unspecified atom stereocenters. The van der Waals surface area contributed by atoms with Crippen LogP contribution < -0.4 is 15.3 Å². The molecule has 4 aliphatic heterocycles. The fourth-order valence-electron chi connectivity index (χ4n) is 9.95. The second-order valence-corrected chi connectivity index (χ2v) is 19.6. The maximum atomic E-state index is 12.5. The number of rotatable bonds is 11. The third kappa shape index (κ3) is 13.7. The first kappa shape index (κ1) is 49.2. The number of amides is 2. The van der Waals surface area contributed by atoms with Crippen molar-refractivity contribution in [3.8, 4) is 0 Å². The van der Waals surface area contributed by atoms with Crippen molar-refractivity contribution in [2.75, 3.05) is 75.2 Å². The lowest BCUT2D eigenvalue weighted by molar-refractivity contribution is 0.0626. The molecule has 354 valence electrons. The predicted molar refractivity (Wildman–Crippen MR) is 264 cm³/mol. The van der Waals surface area contributed by atoms with Crippen LogP contribution in [0.15, 0.2) is 102 Å². The highest BCUT2D eigenvalue weighted by Crippen LogP contribution is 2.28. The first-order chi connectivity index (χ1) is 31.9. The van der Waals surface area contributed by atoms with Crippen LogP contribution in [0, 0.1) is 11.8 Å². The number of benzene rings is 2. The van der Waals surface area contributed by atoms with E-state index in [1.165, 1.54) is 0 Å². The van der Waals surface area contributed by atoms with Gasteiger partial charge in [0.1, 0.15) is 24.8 Å². The average Bonchev–Trinajstić information content (AvgIpc) is 3.33. The van der Waals surface area contributed by atoms with Crippen molar-refractivity contribution < 1.29 is 29.1 Å². The number of ether oxygens (including phenoxy) is 2. The molecule has 4 aliphatic rings. The largest absolute Gasteiger partial charge is 0.488 e. The monoisotopic (exact) mass is 966 g/mol. The summed E-state index contributed by atoms with van der Waals surface area (Å²) in [6.07, 6.45) is 7.12. The minimum atomic E-state index is -1.49. The molecular weight excluding hydrogens is 899 g/mol. The predicted octanol–water partition coefficient (Wildman–Crippen LogP) is 6.50. The first-order valence-corrected chi connectivity index (χ1v) is 24.6. The van der Waals surface area contributed by atoms with E-state index in [9.17, 15) is 19.6 Å². The van der Waals surface area contributed by atoms with Crippen LogP contribution in [0.3, 0.4) is 0 Å². The van der Waals surface area contributed by atoms with Gasteiger partial charge < -0.3 is 39.1 Å². The lowest BCUT2D eigenvalue weighted by atomic mass is 9.81. The maximum absolute atomic E-state index is 12.5. The molecule has 14 nitrogen and oxygen atoms in total. The number of aromatic nitrogens is 2. The minimum Gasteiger partial charge on any atom is -0.445 e. The molecule has 4 aromatic rings. The Balaban J connectivity index is 0.000000197. The van der Waals surface area contributed by atoms with Gasteiger partial charge in [0.05, 0.1) is 0 Å². The number of hydrogen-bond acceptors (Lipinski definition) is 12. The van der Waals surface area contributed by atoms with E-state index < -0.39 is 7.12 Å². The molecule has 4 saturated heterocycles. The zero-order valence-corrected chi connectivity index (χ0v) is 40.7. The Kier molecular flexibility index (Phi) is 17.7. The number of hydrogen-bond donors (Lipinski definition) is 2. The SMILES string of the molecule is C[C@@H]1CN(c2cc(B(O)O)ccn2)C[C@H](C)N1CC1CCN(C(=O)OCc2ccccc2)CC1.C[C@@H]1CN(c2cc(Br)ccn2)C[C@H](C)N1CC1CCN(C(=O)OCc2ccccc2)CC1. The Morgan fingerprint density at radius 2 is 1.00 bits per heavy atom. The summed E-state index contributed by atoms with van der Waals surface area (Å²) in [7, 11) is -1.49. The van der Waals surface area contributed by atoms with Crippen LogP contribution in [0.5, 0.6) is 0 Å². The number of nitrogens with zero attached hydrogens (tertiary/aromatic N) is 8. The van der Waals surface area contributed by atoms with Gasteiger partial charge in [-0.2, -0.15) is 0 Å². The second-order valence-electron chi connectivity index (χ2n) is 18.7. The quantitative estimate of drug-likeness (QED) is 0.159. The fraction of sp³-hybridized carbons (Fsp3) is 0.520. The number of pyridine rings is 2. The van der Waals surface area contributed by atoms with E-state index in [1.807, 2.05) is 82.7 Å². The zero-order valence-electron chi connectivity index (χ0n) is 39.1. The summed E-state index contributed by atoms with van der Waals surface area (Å²) in [5.74, 6) is 3.00. The van der Waals surface area contributed by atoms with Gasteiger partial charge >= 0.3 is 19.3 Å². The smallest absolute Gasteiger partial charge is 0.445 e. The van der Waals surface area contributed by atoms with E-state index in [4.69, 9.17) is 9.47 Å². The average molecular weight is 968 g/mol. The fourth-order valence-corrected chi connectivity index (χ4v) is 10.3. The highest BCUT2D eigenvalue weighted by atomic mass is 79.9. The van der Waals surface area contributed by atoms with Gasteiger partial charge in [-0.15, -0.1) is 0 Å². The third-order valence-electron chi connectivity index (χ3n) is 13.7. The molecule has 0 bridgehead atoms. The maximum Gasteiger partial charge on any atom is 0.488 e. The highest BCUT2D eigenvalue weighted by molar-refractivity contribution is 9.10. The van der Waals surface area contributed by atoms with Crippen LogP contribution in [-0.4, -0.2) is 149 Å². The van der Waals surface area contributed by atoms with Gasteiger partial charge in [0, 0.05) is 106 Å². The van der Waals surface area contributed by atoms with Crippen LogP contribution >= 0.6 is 15.9 Å². The van der Waals surface area contributed by atoms with Crippen molar-refractivity contribution >= 4 is 52.3 Å². The van der Waals surface area contributed by atoms with Gasteiger partial charge in [-0.05, 0) is 106 Å². The van der Waals surface area contributed by atoms with Gasteiger partial charge in [-0.3, -0.25) is 9.80 Å². The molecule has 16 heteroatoms. The molecule has 0 radical (unpaired) electrons. The Morgan fingerprint density at radius 3 is 1.39 bits per heavy atom. The van der Waals surface area contributed by atoms with Crippen LogP contribution in [0.4, 0.5) is 21.2 Å².